The molecule has 3 aromatic rings. The minimum atomic E-state index is -3.09. The second-order valence-electron chi connectivity index (χ2n) is 5.35. The smallest absolute Gasteiger partial charge is 0.160 e. The highest BCUT2D eigenvalue weighted by atomic mass is 32.2. The maximum absolute atomic E-state index is 14.2. The van der Waals surface area contributed by atoms with Gasteiger partial charge < -0.3 is 0 Å². The largest absolute Gasteiger partial charge is 0.294 e. The van der Waals surface area contributed by atoms with Gasteiger partial charge in [-0.1, -0.05) is 54.6 Å². The molecule has 23 heavy (non-hydrogen) atoms. The average Bonchev–Trinajstić information content (AvgIpc) is 2.62. The zero-order valence-corrected chi connectivity index (χ0v) is 13.7. The van der Waals surface area contributed by atoms with E-state index in [2.05, 4.69) is 0 Å². The van der Waals surface area contributed by atoms with E-state index in [-0.39, 0.29) is 5.78 Å². The summed E-state index contributed by atoms with van der Waals surface area (Å²) >= 11 is 0. The van der Waals surface area contributed by atoms with Gasteiger partial charge in [0.05, 0.1) is 0 Å². The summed E-state index contributed by atoms with van der Waals surface area (Å²) < 4.78 is 14.2. The molecule has 0 N–H and O–H groups in total. The highest BCUT2D eigenvalue weighted by Gasteiger charge is 2.26. The van der Waals surface area contributed by atoms with E-state index in [0.717, 1.165) is 9.79 Å². The fourth-order valence-corrected chi connectivity index (χ4v) is 5.65. The van der Waals surface area contributed by atoms with E-state index in [9.17, 15) is 9.00 Å². The first-order chi connectivity index (χ1) is 11.1. The van der Waals surface area contributed by atoms with Gasteiger partial charge in [-0.3, -0.25) is 9.00 Å². The Bertz CT molecular complexity index is 827. The van der Waals surface area contributed by atoms with Crippen LogP contribution in [0.3, 0.4) is 0 Å². The molecule has 2 nitrogen and oxygen atoms in total. The molecule has 0 saturated heterocycles. The van der Waals surface area contributed by atoms with Gasteiger partial charge in [0.25, 0.3) is 0 Å². The summed E-state index contributed by atoms with van der Waals surface area (Å²) in [5, 5.41) is 0. The summed E-state index contributed by atoms with van der Waals surface area (Å²) in [5.74, 6) is -0.0762. The minimum absolute atomic E-state index is 0.0762. The maximum atomic E-state index is 14.2. The quantitative estimate of drug-likeness (QED) is 0.571. The molecule has 0 bridgehead atoms. The van der Waals surface area contributed by atoms with Crippen LogP contribution in [-0.4, -0.2) is 9.99 Å². The van der Waals surface area contributed by atoms with Crippen LogP contribution >= 0.6 is 0 Å². The van der Waals surface area contributed by atoms with Gasteiger partial charge in [0.15, 0.2) is 5.78 Å². The summed E-state index contributed by atoms with van der Waals surface area (Å²) in [6.45, 7) is 1.51. The lowest BCUT2D eigenvalue weighted by molar-refractivity contribution is 0.101. The predicted molar refractivity (Wildman–Crippen MR) is 93.7 cm³/mol. The lowest BCUT2D eigenvalue weighted by Gasteiger charge is -2.27. The molecule has 0 aliphatic carbocycles. The van der Waals surface area contributed by atoms with Gasteiger partial charge in [-0.05, 0) is 47.2 Å². The van der Waals surface area contributed by atoms with Crippen molar-refractivity contribution in [3.05, 3.63) is 90.5 Å². The normalized spacial score (nSPS) is 11.9. The van der Waals surface area contributed by atoms with Crippen molar-refractivity contribution in [2.45, 2.75) is 21.6 Å². The molecule has 0 radical (unpaired) electrons. The van der Waals surface area contributed by atoms with Crippen molar-refractivity contribution < 1.29 is 9.00 Å². The van der Waals surface area contributed by atoms with E-state index in [0.29, 0.717) is 10.5 Å². The fraction of sp³-hybridized carbons (Fsp3) is 0.0500. The molecular formula is C20H18O2S. The lowest BCUT2D eigenvalue weighted by Crippen LogP contribution is -2.17. The molecule has 0 aromatic heterocycles. The summed E-state index contributed by atoms with van der Waals surface area (Å²) in [6, 6.07) is 26.0. The highest BCUT2D eigenvalue weighted by Crippen LogP contribution is 2.37. The maximum Gasteiger partial charge on any atom is 0.160 e. The van der Waals surface area contributed by atoms with Crippen molar-refractivity contribution in [2.75, 3.05) is 0 Å². The molecule has 0 unspecified atom stereocenters. The fourth-order valence-electron chi connectivity index (χ4n) is 2.75. The van der Waals surface area contributed by atoms with Crippen LogP contribution in [0.15, 0.2) is 99.6 Å². The number of carbonyl (C=O) groups is 1. The molecule has 0 aliphatic heterocycles. The van der Waals surface area contributed by atoms with Crippen LogP contribution in [-0.2, 0) is 9.93 Å². The molecule has 0 heterocycles. The van der Waals surface area contributed by atoms with Gasteiger partial charge in [0.1, 0.15) is 0 Å². The van der Waals surface area contributed by atoms with Gasteiger partial charge in [-0.25, -0.2) is 0 Å². The molecule has 0 spiro atoms. The molecule has 0 saturated carbocycles. The van der Waals surface area contributed by atoms with Crippen molar-refractivity contribution in [3.63, 3.8) is 0 Å². The molecular weight excluding hydrogens is 304 g/mol. The second-order valence-corrected chi connectivity index (χ2v) is 8.09. The predicted octanol–water partition coefficient (Wildman–Crippen LogP) is 4.38. The Morgan fingerprint density at radius 2 is 1.13 bits per heavy atom. The summed E-state index contributed by atoms with van der Waals surface area (Å²) in [6.07, 6.45) is 0. The number of benzene rings is 3. The van der Waals surface area contributed by atoms with Crippen LogP contribution in [0.4, 0.5) is 0 Å². The zero-order valence-electron chi connectivity index (χ0n) is 12.8. The van der Waals surface area contributed by atoms with Gasteiger partial charge in [-0.15, -0.1) is 0 Å². The number of thiol groups is 1. The average molecular weight is 322 g/mol. The van der Waals surface area contributed by atoms with Crippen molar-refractivity contribution in [1.82, 2.24) is 0 Å². The van der Waals surface area contributed by atoms with Crippen LogP contribution in [0.1, 0.15) is 17.3 Å². The third-order valence-electron chi connectivity index (χ3n) is 3.86. The third-order valence-corrected chi connectivity index (χ3v) is 6.98. The van der Waals surface area contributed by atoms with Gasteiger partial charge >= 0.3 is 0 Å². The van der Waals surface area contributed by atoms with E-state index in [1.165, 1.54) is 6.92 Å². The number of carbonyl (C=O) groups excluding carboxylic acids is 1. The first-order valence-corrected chi connectivity index (χ1v) is 9.16. The number of hydrogen-bond acceptors (Lipinski definition) is 2. The Morgan fingerprint density at radius 1 is 0.696 bits per heavy atom. The standard InChI is InChI=1S/C20H18O2S/c1-16(21)19-14-8-9-15-20(19)23(22,17-10-4-2-5-11-17)18-12-6-3-7-13-18/h2-15,23H,1H3. The monoisotopic (exact) mass is 322 g/mol. The molecule has 3 aromatic carbocycles. The number of rotatable bonds is 4. The lowest BCUT2D eigenvalue weighted by atomic mass is 10.1. The van der Waals surface area contributed by atoms with Gasteiger partial charge in [0, 0.05) is 20.2 Å². The molecule has 3 rings (SSSR count). The minimum Gasteiger partial charge on any atom is -0.294 e. The Labute approximate surface area is 137 Å². The Morgan fingerprint density at radius 3 is 1.61 bits per heavy atom. The van der Waals surface area contributed by atoms with E-state index in [4.69, 9.17) is 0 Å². The summed E-state index contributed by atoms with van der Waals surface area (Å²) in [4.78, 5) is 14.1. The van der Waals surface area contributed by atoms with Crippen molar-refractivity contribution >= 4 is 15.7 Å². The SMILES string of the molecule is CC(=O)c1ccccc1[SH](=O)(c1ccccc1)c1ccccc1. The van der Waals surface area contributed by atoms with Crippen LogP contribution in [0.25, 0.3) is 0 Å². The Hall–Kier alpha value is -2.52. The molecule has 0 aliphatic rings. The molecule has 116 valence electrons. The highest BCUT2D eigenvalue weighted by molar-refractivity contribution is 8.03. The Kier molecular flexibility index (Phi) is 4.22. The second kappa shape index (κ2) is 6.31. The van der Waals surface area contributed by atoms with Crippen LogP contribution in [0.5, 0.6) is 0 Å². The van der Waals surface area contributed by atoms with Crippen LogP contribution < -0.4 is 0 Å². The molecule has 0 fully saturated rings. The van der Waals surface area contributed by atoms with E-state index >= 15 is 0 Å². The van der Waals surface area contributed by atoms with Crippen molar-refractivity contribution in [1.29, 1.82) is 0 Å². The summed E-state index contributed by atoms with van der Waals surface area (Å²) in [5.41, 5.74) is 0.517. The third kappa shape index (κ3) is 2.76. The summed E-state index contributed by atoms with van der Waals surface area (Å²) in [7, 11) is -3.09. The van der Waals surface area contributed by atoms with Crippen molar-refractivity contribution in [3.8, 4) is 0 Å². The molecule has 0 atom stereocenters. The topological polar surface area (TPSA) is 34.1 Å². The number of ketones is 1. The number of hydrogen-bond donors (Lipinski definition) is 1. The molecule has 3 heteroatoms. The zero-order chi connectivity index (χ0) is 16.3. The van der Waals surface area contributed by atoms with Crippen molar-refractivity contribution in [2.24, 2.45) is 0 Å². The first-order valence-electron chi connectivity index (χ1n) is 7.46. The first kappa shape index (κ1) is 15.4. The Balaban J connectivity index is 2.35. The van der Waals surface area contributed by atoms with Crippen LogP contribution in [0.2, 0.25) is 0 Å². The van der Waals surface area contributed by atoms with E-state index in [1.807, 2.05) is 66.7 Å². The number of Topliss-reactive ketones (excluding diaryl/α,β-unsaturated/α-hetero) is 1. The van der Waals surface area contributed by atoms with Gasteiger partial charge in [-0.2, -0.15) is 0 Å². The van der Waals surface area contributed by atoms with E-state index < -0.39 is 9.93 Å². The van der Waals surface area contributed by atoms with Gasteiger partial charge in [0.2, 0.25) is 0 Å². The molecule has 0 amide bonds. The van der Waals surface area contributed by atoms with Crippen LogP contribution in [0, 0.1) is 0 Å². The van der Waals surface area contributed by atoms with E-state index in [1.54, 1.807) is 18.2 Å².